The molecule has 0 amide bonds. The van der Waals surface area contributed by atoms with Crippen molar-refractivity contribution in [3.63, 3.8) is 0 Å². The molecule has 1 N–H and O–H groups in total. The van der Waals surface area contributed by atoms with Gasteiger partial charge in [0.15, 0.2) is 23.0 Å². The topological polar surface area (TPSA) is 87.4 Å². The molecular formula is C19H16O7. The van der Waals surface area contributed by atoms with E-state index in [0.717, 1.165) is 0 Å². The van der Waals surface area contributed by atoms with Crippen molar-refractivity contribution in [1.29, 1.82) is 0 Å². The van der Waals surface area contributed by atoms with Gasteiger partial charge in [-0.2, -0.15) is 0 Å². The van der Waals surface area contributed by atoms with E-state index in [2.05, 4.69) is 0 Å². The van der Waals surface area contributed by atoms with Gasteiger partial charge in [0, 0.05) is 22.6 Å². The molecule has 0 saturated carbocycles. The van der Waals surface area contributed by atoms with Gasteiger partial charge in [-0.15, -0.1) is 0 Å². The van der Waals surface area contributed by atoms with Crippen molar-refractivity contribution in [1.82, 2.24) is 0 Å². The first-order valence-electron chi connectivity index (χ1n) is 7.90. The van der Waals surface area contributed by atoms with Crippen molar-refractivity contribution in [3.05, 3.63) is 35.9 Å². The lowest BCUT2D eigenvalue weighted by Gasteiger charge is -2.09. The van der Waals surface area contributed by atoms with Crippen LogP contribution in [0.4, 0.5) is 0 Å². The number of hydrogen-bond acceptors (Lipinski definition) is 6. The zero-order valence-corrected chi connectivity index (χ0v) is 14.2. The summed E-state index contributed by atoms with van der Waals surface area (Å²) in [7, 11) is 3.09. The Hall–Kier alpha value is -3.35. The molecule has 7 nitrogen and oxygen atoms in total. The van der Waals surface area contributed by atoms with Crippen molar-refractivity contribution in [2.45, 2.75) is 6.42 Å². The molecule has 1 aliphatic rings. The van der Waals surface area contributed by atoms with Crippen LogP contribution in [0.3, 0.4) is 0 Å². The minimum absolute atomic E-state index is 0.138. The summed E-state index contributed by atoms with van der Waals surface area (Å²) in [5.74, 6) is 1.77. The predicted octanol–water partition coefficient (Wildman–Crippen LogP) is 3.47. The third-order valence-electron chi connectivity index (χ3n) is 4.26. The van der Waals surface area contributed by atoms with E-state index in [-0.39, 0.29) is 13.2 Å². The van der Waals surface area contributed by atoms with E-state index in [9.17, 15) is 9.90 Å². The maximum absolute atomic E-state index is 11.4. The molecule has 0 radical (unpaired) electrons. The molecule has 2 aromatic carbocycles. The number of fused-ring (bicyclic) bond motifs is 2. The molecule has 0 saturated heterocycles. The second-order valence-electron chi connectivity index (χ2n) is 5.75. The van der Waals surface area contributed by atoms with E-state index in [4.69, 9.17) is 23.4 Å². The van der Waals surface area contributed by atoms with E-state index < -0.39 is 5.97 Å². The quantitative estimate of drug-likeness (QED) is 0.749. The van der Waals surface area contributed by atoms with Gasteiger partial charge in [-0.1, -0.05) is 0 Å². The second kappa shape index (κ2) is 6.18. The monoisotopic (exact) mass is 356 g/mol. The summed E-state index contributed by atoms with van der Waals surface area (Å²) in [6.45, 7) is 0.138. The Morgan fingerprint density at radius 2 is 1.81 bits per heavy atom. The highest BCUT2D eigenvalue weighted by Gasteiger charge is 2.23. The zero-order valence-electron chi connectivity index (χ0n) is 14.2. The fourth-order valence-electron chi connectivity index (χ4n) is 3.07. The lowest BCUT2D eigenvalue weighted by molar-refractivity contribution is -0.136. The molecule has 1 aliphatic heterocycles. The number of methoxy groups -OCH3 is 2. The van der Waals surface area contributed by atoms with Crippen LogP contribution >= 0.6 is 0 Å². The van der Waals surface area contributed by atoms with Crippen molar-refractivity contribution >= 4 is 16.9 Å². The second-order valence-corrected chi connectivity index (χ2v) is 5.75. The highest BCUT2D eigenvalue weighted by Crippen LogP contribution is 2.43. The van der Waals surface area contributed by atoms with Crippen LogP contribution in [0.5, 0.6) is 23.0 Å². The van der Waals surface area contributed by atoms with Gasteiger partial charge in [-0.25, -0.2) is 0 Å². The van der Waals surface area contributed by atoms with Crippen molar-refractivity contribution in [3.8, 4) is 34.3 Å². The molecule has 4 rings (SSSR count). The molecular weight excluding hydrogens is 340 g/mol. The first-order valence-corrected chi connectivity index (χ1v) is 7.90. The van der Waals surface area contributed by atoms with E-state index in [1.54, 1.807) is 37.4 Å². The Morgan fingerprint density at radius 1 is 1.08 bits per heavy atom. The van der Waals surface area contributed by atoms with Gasteiger partial charge in [0.2, 0.25) is 6.79 Å². The number of aliphatic carboxylic acids is 1. The Balaban J connectivity index is 1.92. The van der Waals surface area contributed by atoms with Crippen LogP contribution in [0.2, 0.25) is 0 Å². The molecule has 0 atom stereocenters. The highest BCUT2D eigenvalue weighted by molar-refractivity contribution is 5.93. The fourth-order valence-corrected chi connectivity index (χ4v) is 3.07. The van der Waals surface area contributed by atoms with Gasteiger partial charge in [0.1, 0.15) is 11.3 Å². The number of carbonyl (C=O) groups is 1. The summed E-state index contributed by atoms with van der Waals surface area (Å²) < 4.78 is 27.4. The van der Waals surface area contributed by atoms with E-state index in [1.807, 2.05) is 0 Å². The number of hydrogen-bond donors (Lipinski definition) is 1. The minimum atomic E-state index is -0.952. The minimum Gasteiger partial charge on any atom is -0.493 e. The predicted molar refractivity (Wildman–Crippen MR) is 92.2 cm³/mol. The smallest absolute Gasteiger partial charge is 0.307 e. The summed E-state index contributed by atoms with van der Waals surface area (Å²) in [4.78, 5) is 11.4. The molecule has 0 aliphatic carbocycles. The van der Waals surface area contributed by atoms with Crippen LogP contribution in [0, 0.1) is 0 Å². The van der Waals surface area contributed by atoms with E-state index >= 15 is 0 Å². The Kier molecular flexibility index (Phi) is 3.84. The van der Waals surface area contributed by atoms with Crippen LogP contribution in [0.15, 0.2) is 34.7 Å². The van der Waals surface area contributed by atoms with Crippen molar-refractivity contribution in [2.75, 3.05) is 21.0 Å². The molecule has 0 bridgehead atoms. The SMILES string of the molecule is COc1ccc(-c2oc3cc4c(cc3c2CC(=O)O)OCO4)cc1OC. The molecule has 26 heavy (non-hydrogen) atoms. The number of rotatable bonds is 5. The Labute approximate surface area is 148 Å². The molecule has 2 heterocycles. The van der Waals surface area contributed by atoms with Crippen LogP contribution < -0.4 is 18.9 Å². The van der Waals surface area contributed by atoms with Gasteiger partial charge in [0.05, 0.1) is 20.6 Å². The number of benzene rings is 2. The largest absolute Gasteiger partial charge is 0.493 e. The normalized spacial score (nSPS) is 12.4. The average Bonchev–Trinajstić information content (AvgIpc) is 3.23. The maximum atomic E-state index is 11.4. The Morgan fingerprint density at radius 3 is 2.50 bits per heavy atom. The fraction of sp³-hybridized carbons (Fsp3) is 0.211. The Bertz CT molecular complexity index is 1000. The third kappa shape index (κ3) is 2.57. The van der Waals surface area contributed by atoms with Crippen molar-refractivity contribution in [2.24, 2.45) is 0 Å². The number of ether oxygens (including phenoxy) is 4. The first-order chi connectivity index (χ1) is 12.6. The lowest BCUT2D eigenvalue weighted by atomic mass is 10.0. The third-order valence-corrected chi connectivity index (χ3v) is 4.26. The van der Waals surface area contributed by atoms with Gasteiger partial charge >= 0.3 is 5.97 Å². The molecule has 0 spiro atoms. The van der Waals surface area contributed by atoms with Crippen LogP contribution in [0.25, 0.3) is 22.3 Å². The molecule has 0 unspecified atom stereocenters. The molecule has 7 heteroatoms. The van der Waals surface area contributed by atoms with Gasteiger partial charge in [-0.3, -0.25) is 4.79 Å². The lowest BCUT2D eigenvalue weighted by Crippen LogP contribution is -2.00. The summed E-state index contributed by atoms with van der Waals surface area (Å²) in [6.07, 6.45) is -0.184. The zero-order chi connectivity index (χ0) is 18.3. The van der Waals surface area contributed by atoms with Crippen LogP contribution in [-0.4, -0.2) is 32.1 Å². The van der Waals surface area contributed by atoms with Gasteiger partial charge in [-0.05, 0) is 24.3 Å². The van der Waals surface area contributed by atoms with Crippen molar-refractivity contribution < 1.29 is 33.3 Å². The maximum Gasteiger partial charge on any atom is 0.307 e. The summed E-state index contributed by atoms with van der Waals surface area (Å²) in [5, 5.41) is 10.0. The van der Waals surface area contributed by atoms with Gasteiger partial charge < -0.3 is 28.5 Å². The molecule has 1 aromatic heterocycles. The van der Waals surface area contributed by atoms with Crippen LogP contribution in [-0.2, 0) is 11.2 Å². The molecule has 134 valence electrons. The summed E-state index contributed by atoms with van der Waals surface area (Å²) in [5.41, 5.74) is 1.80. The number of carboxylic acids is 1. The summed E-state index contributed by atoms with van der Waals surface area (Å²) in [6, 6.07) is 8.77. The standard InChI is InChI=1S/C19H16O7/c1-22-13-4-3-10(5-15(13)23-2)19-12(7-18(20)21)11-6-16-17(25-9-24-16)8-14(11)26-19/h3-6,8H,7,9H2,1-2H3,(H,20,21). The van der Waals surface area contributed by atoms with Crippen LogP contribution in [0.1, 0.15) is 5.56 Å². The van der Waals surface area contributed by atoms with E-state index in [1.165, 1.54) is 7.11 Å². The number of carboxylic acid groups (broad SMARTS) is 1. The molecule has 0 fully saturated rings. The average molecular weight is 356 g/mol. The number of furan rings is 1. The highest BCUT2D eigenvalue weighted by atomic mass is 16.7. The molecule has 3 aromatic rings. The van der Waals surface area contributed by atoms with E-state index in [0.29, 0.717) is 50.9 Å². The first kappa shape index (κ1) is 16.1. The van der Waals surface area contributed by atoms with Gasteiger partial charge in [0.25, 0.3) is 0 Å². The summed E-state index contributed by atoms with van der Waals surface area (Å²) >= 11 is 0.